The Kier molecular flexibility index (Phi) is 7.78. The smallest absolute Gasteiger partial charge is 0.435 e. The van der Waals surface area contributed by atoms with Crippen molar-refractivity contribution in [3.63, 3.8) is 0 Å². The third kappa shape index (κ3) is 7.25. The first-order valence-corrected chi connectivity index (χ1v) is 10.5. The van der Waals surface area contributed by atoms with Gasteiger partial charge in [-0.15, -0.1) is 5.10 Å². The van der Waals surface area contributed by atoms with Crippen LogP contribution in [0.4, 0.5) is 45.6 Å². The van der Waals surface area contributed by atoms with E-state index in [-0.39, 0.29) is 34.8 Å². The minimum absolute atomic E-state index is 0.0848. The SMILES string of the molecule is Cc1cc(CNC(=O)Nc2cc(OCC(C)(F)F)nc(C(F)(F)F)c2)nnc1-c1c(C(F)(F)F)n[nH]c1C. The van der Waals surface area contributed by atoms with Crippen LogP contribution in [-0.4, -0.2) is 43.9 Å². The quantitative estimate of drug-likeness (QED) is 0.343. The van der Waals surface area contributed by atoms with Crippen LogP contribution in [0, 0.1) is 13.8 Å². The number of nitrogens with one attached hydrogen (secondary N) is 3. The Morgan fingerprint density at radius 3 is 2.26 bits per heavy atom. The van der Waals surface area contributed by atoms with Crippen LogP contribution in [0.1, 0.15) is 35.3 Å². The summed E-state index contributed by atoms with van der Waals surface area (Å²) in [5.74, 6) is -4.14. The third-order valence-electron chi connectivity index (χ3n) is 4.74. The number of pyridine rings is 1. The molecule has 17 heteroatoms. The summed E-state index contributed by atoms with van der Waals surface area (Å²) >= 11 is 0. The highest BCUT2D eigenvalue weighted by Gasteiger charge is 2.39. The summed E-state index contributed by atoms with van der Waals surface area (Å²) in [4.78, 5) is 15.4. The predicted octanol–water partition coefficient (Wildman–Crippen LogP) is 5.27. The molecular formula is C21H19F8N7O2. The summed E-state index contributed by atoms with van der Waals surface area (Å²) in [6.45, 7) is 1.79. The number of hydrogen-bond donors (Lipinski definition) is 3. The number of urea groups is 1. The van der Waals surface area contributed by atoms with E-state index < -0.39 is 53.9 Å². The van der Waals surface area contributed by atoms with E-state index in [9.17, 15) is 39.9 Å². The lowest BCUT2D eigenvalue weighted by atomic mass is 10.0. The molecule has 0 atom stereocenters. The first kappa shape index (κ1) is 28.5. The number of ether oxygens (including phenoxy) is 1. The molecule has 0 aliphatic rings. The summed E-state index contributed by atoms with van der Waals surface area (Å²) in [5.41, 5.74) is -2.96. The normalized spacial score (nSPS) is 12.4. The zero-order valence-electron chi connectivity index (χ0n) is 19.8. The van der Waals surface area contributed by atoms with Crippen molar-refractivity contribution in [1.82, 2.24) is 30.7 Å². The molecule has 0 radical (unpaired) electrons. The lowest BCUT2D eigenvalue weighted by molar-refractivity contribution is -0.142. The van der Waals surface area contributed by atoms with Crippen LogP contribution in [0.2, 0.25) is 0 Å². The first-order valence-electron chi connectivity index (χ1n) is 10.5. The van der Waals surface area contributed by atoms with Gasteiger partial charge in [0, 0.05) is 24.4 Å². The average Bonchev–Trinajstić information content (AvgIpc) is 3.17. The van der Waals surface area contributed by atoms with Gasteiger partial charge in [0.2, 0.25) is 5.88 Å². The Morgan fingerprint density at radius 1 is 1.00 bits per heavy atom. The number of nitrogens with zero attached hydrogens (tertiary/aromatic N) is 4. The molecule has 0 aliphatic carbocycles. The molecule has 0 aliphatic heterocycles. The van der Waals surface area contributed by atoms with Crippen molar-refractivity contribution in [3.8, 4) is 17.1 Å². The van der Waals surface area contributed by atoms with Gasteiger partial charge in [-0.1, -0.05) is 0 Å². The van der Waals surface area contributed by atoms with Crippen LogP contribution >= 0.6 is 0 Å². The van der Waals surface area contributed by atoms with Crippen molar-refractivity contribution in [2.24, 2.45) is 0 Å². The molecule has 0 saturated heterocycles. The lowest BCUT2D eigenvalue weighted by Gasteiger charge is -2.15. The van der Waals surface area contributed by atoms with Crippen molar-refractivity contribution in [1.29, 1.82) is 0 Å². The number of carbonyl (C=O) groups is 1. The second-order valence-electron chi connectivity index (χ2n) is 8.18. The molecule has 38 heavy (non-hydrogen) atoms. The van der Waals surface area contributed by atoms with E-state index in [1.54, 1.807) is 0 Å². The second kappa shape index (κ2) is 10.4. The Labute approximate surface area is 209 Å². The van der Waals surface area contributed by atoms with E-state index in [4.69, 9.17) is 0 Å². The fourth-order valence-electron chi connectivity index (χ4n) is 3.14. The van der Waals surface area contributed by atoms with Crippen LogP contribution in [0.3, 0.4) is 0 Å². The van der Waals surface area contributed by atoms with Gasteiger partial charge in [0.25, 0.3) is 5.92 Å². The second-order valence-corrected chi connectivity index (χ2v) is 8.18. The van der Waals surface area contributed by atoms with E-state index in [0.717, 1.165) is 6.07 Å². The van der Waals surface area contributed by atoms with Gasteiger partial charge in [0.05, 0.1) is 23.5 Å². The highest BCUT2D eigenvalue weighted by Crippen LogP contribution is 2.37. The van der Waals surface area contributed by atoms with E-state index in [1.807, 2.05) is 0 Å². The van der Waals surface area contributed by atoms with Crippen LogP contribution in [-0.2, 0) is 18.9 Å². The van der Waals surface area contributed by atoms with Crippen LogP contribution in [0.25, 0.3) is 11.3 Å². The van der Waals surface area contributed by atoms with E-state index in [0.29, 0.717) is 13.0 Å². The zero-order chi connectivity index (χ0) is 28.5. The minimum atomic E-state index is -4.96. The number of amides is 2. The van der Waals surface area contributed by atoms with Gasteiger partial charge in [-0.3, -0.25) is 5.10 Å². The highest BCUT2D eigenvalue weighted by molar-refractivity contribution is 5.89. The molecule has 206 valence electrons. The number of aromatic nitrogens is 5. The molecule has 9 nitrogen and oxygen atoms in total. The van der Waals surface area contributed by atoms with E-state index >= 15 is 0 Å². The molecule has 0 saturated carbocycles. The number of aryl methyl sites for hydroxylation is 2. The summed E-state index contributed by atoms with van der Waals surface area (Å²) < 4.78 is 110. The standard InChI is InChI=1S/C21H19F8N7O2/c1-9-4-12(34-35-16(9)15-10(2)33-36-17(15)21(27,28)29)7-30-18(37)31-11-5-13(20(24,25)26)32-14(6-11)38-8-19(3,22)23/h4-6H,7-8H2,1-3H3,(H,33,36)(H2,30,31,32,37). The number of carbonyl (C=O) groups excluding carboxylic acids is 1. The van der Waals surface area contributed by atoms with Crippen molar-refractivity contribution in [2.75, 3.05) is 11.9 Å². The van der Waals surface area contributed by atoms with E-state index in [2.05, 4.69) is 40.7 Å². The molecular weight excluding hydrogens is 534 g/mol. The summed E-state index contributed by atoms with van der Waals surface area (Å²) in [5, 5.41) is 17.5. The van der Waals surface area contributed by atoms with Gasteiger partial charge in [0.1, 0.15) is 0 Å². The van der Waals surface area contributed by atoms with Crippen LogP contribution in [0.15, 0.2) is 18.2 Å². The van der Waals surface area contributed by atoms with Gasteiger partial charge in [-0.05, 0) is 31.5 Å². The van der Waals surface area contributed by atoms with Gasteiger partial charge in [0.15, 0.2) is 18.0 Å². The molecule has 2 amide bonds. The molecule has 0 fully saturated rings. The fourth-order valence-corrected chi connectivity index (χ4v) is 3.14. The molecule has 0 spiro atoms. The summed E-state index contributed by atoms with van der Waals surface area (Å²) in [6, 6.07) is 1.65. The van der Waals surface area contributed by atoms with Crippen LogP contribution in [0.5, 0.6) is 5.88 Å². The summed E-state index contributed by atoms with van der Waals surface area (Å²) in [7, 11) is 0. The van der Waals surface area contributed by atoms with Gasteiger partial charge in [-0.2, -0.15) is 36.5 Å². The zero-order valence-corrected chi connectivity index (χ0v) is 19.8. The third-order valence-corrected chi connectivity index (χ3v) is 4.74. The topological polar surface area (TPSA) is 118 Å². The number of alkyl halides is 8. The maximum atomic E-state index is 13.3. The first-order chi connectivity index (χ1) is 17.4. The van der Waals surface area contributed by atoms with Crippen molar-refractivity contribution < 1.29 is 44.7 Å². The molecule has 0 unspecified atom stereocenters. The molecule has 0 aromatic carbocycles. The average molecular weight is 553 g/mol. The van der Waals surface area contributed by atoms with E-state index in [1.165, 1.54) is 19.9 Å². The Hall–Kier alpha value is -4.05. The minimum Gasteiger partial charge on any atom is -0.471 e. The number of halogens is 8. The van der Waals surface area contributed by atoms with Crippen molar-refractivity contribution >= 4 is 11.7 Å². The number of anilines is 1. The molecule has 3 rings (SSSR count). The summed E-state index contributed by atoms with van der Waals surface area (Å²) in [6.07, 6.45) is -9.71. The van der Waals surface area contributed by atoms with Gasteiger partial charge in [-0.25, -0.2) is 18.6 Å². The van der Waals surface area contributed by atoms with Gasteiger partial charge >= 0.3 is 18.4 Å². The van der Waals surface area contributed by atoms with Crippen LogP contribution < -0.4 is 15.4 Å². The Bertz CT molecular complexity index is 1320. The number of aromatic amines is 1. The molecule has 3 N–H and O–H groups in total. The molecule has 3 aromatic rings. The van der Waals surface area contributed by atoms with Crippen molar-refractivity contribution in [3.05, 3.63) is 46.5 Å². The lowest BCUT2D eigenvalue weighted by Crippen LogP contribution is -2.29. The Morgan fingerprint density at radius 2 is 1.68 bits per heavy atom. The largest absolute Gasteiger partial charge is 0.471 e. The highest BCUT2D eigenvalue weighted by atomic mass is 19.4. The van der Waals surface area contributed by atoms with Crippen molar-refractivity contribution in [2.45, 2.75) is 45.6 Å². The number of rotatable bonds is 7. The predicted molar refractivity (Wildman–Crippen MR) is 115 cm³/mol. The molecule has 3 aromatic heterocycles. The molecule has 3 heterocycles. The Balaban J connectivity index is 1.73. The maximum Gasteiger partial charge on any atom is 0.435 e. The van der Waals surface area contributed by atoms with Gasteiger partial charge < -0.3 is 15.4 Å². The molecule has 0 bridgehead atoms. The fraction of sp³-hybridized carbons (Fsp3) is 0.381. The number of hydrogen-bond acceptors (Lipinski definition) is 6. The number of H-pyrrole nitrogens is 1. The maximum absolute atomic E-state index is 13.3. The monoisotopic (exact) mass is 553 g/mol.